The van der Waals surface area contributed by atoms with Crippen molar-refractivity contribution in [2.75, 3.05) is 19.5 Å². The number of amides is 1. The van der Waals surface area contributed by atoms with Crippen molar-refractivity contribution in [2.45, 2.75) is 13.2 Å². The fourth-order valence-electron chi connectivity index (χ4n) is 3.08. The first-order valence-electron chi connectivity index (χ1n) is 9.82. The van der Waals surface area contributed by atoms with Crippen LogP contribution in [0.25, 0.3) is 0 Å². The lowest BCUT2D eigenvalue weighted by Crippen LogP contribution is -2.34. The number of aliphatic hydroxyl groups is 1. The van der Waals surface area contributed by atoms with Gasteiger partial charge < -0.3 is 20.1 Å². The molecule has 3 aromatic carbocycles. The maximum Gasteiger partial charge on any atom is 0.255 e. The van der Waals surface area contributed by atoms with E-state index >= 15 is 0 Å². The van der Waals surface area contributed by atoms with E-state index in [1.807, 2.05) is 0 Å². The maximum absolute atomic E-state index is 13.9. The van der Waals surface area contributed by atoms with Crippen molar-refractivity contribution in [3.63, 3.8) is 0 Å². The Morgan fingerprint density at radius 1 is 1.06 bits per heavy atom. The van der Waals surface area contributed by atoms with Crippen LogP contribution in [0, 0.1) is 11.6 Å². The van der Waals surface area contributed by atoms with E-state index < -0.39 is 29.6 Å². The minimum atomic E-state index is -1.02. The highest BCUT2D eigenvalue weighted by Crippen LogP contribution is 2.30. The van der Waals surface area contributed by atoms with Gasteiger partial charge in [-0.05, 0) is 55.5 Å². The summed E-state index contributed by atoms with van der Waals surface area (Å²) in [5.74, 6) is -2.34. The van der Waals surface area contributed by atoms with E-state index in [4.69, 9.17) is 16.3 Å². The standard InChI is InChI=1S/C24H21ClF2N2O4/c1-13(30)29(2)24(32)14-7-10-21(33-3)17(11-14)23(31)16-9-8-15(12-18(16)25)28-22-19(26)5-4-6-20(22)27/h4-13,28,30H,1-3H3. The molecule has 1 atom stereocenters. The van der Waals surface area contributed by atoms with Gasteiger partial charge in [-0.15, -0.1) is 0 Å². The van der Waals surface area contributed by atoms with Gasteiger partial charge in [0, 0.05) is 23.9 Å². The van der Waals surface area contributed by atoms with E-state index in [0.717, 1.165) is 17.0 Å². The number of ketones is 1. The van der Waals surface area contributed by atoms with Crippen LogP contribution < -0.4 is 10.1 Å². The van der Waals surface area contributed by atoms with Crippen LogP contribution in [0.15, 0.2) is 54.6 Å². The van der Waals surface area contributed by atoms with Gasteiger partial charge in [0.15, 0.2) is 5.78 Å². The second kappa shape index (κ2) is 9.97. The van der Waals surface area contributed by atoms with Crippen LogP contribution in [0.2, 0.25) is 5.02 Å². The number of aliphatic hydroxyl groups excluding tert-OH is 1. The van der Waals surface area contributed by atoms with Gasteiger partial charge in [-0.1, -0.05) is 17.7 Å². The zero-order valence-electron chi connectivity index (χ0n) is 18.0. The average molecular weight is 475 g/mol. The average Bonchev–Trinajstić information content (AvgIpc) is 2.79. The number of anilines is 2. The second-order valence-electron chi connectivity index (χ2n) is 7.21. The number of rotatable bonds is 7. The summed E-state index contributed by atoms with van der Waals surface area (Å²) >= 11 is 6.31. The van der Waals surface area contributed by atoms with Crippen molar-refractivity contribution in [2.24, 2.45) is 0 Å². The van der Waals surface area contributed by atoms with Gasteiger partial charge in [-0.3, -0.25) is 9.59 Å². The van der Waals surface area contributed by atoms with Crippen molar-refractivity contribution < 1.29 is 28.2 Å². The molecule has 0 radical (unpaired) electrons. The highest BCUT2D eigenvalue weighted by molar-refractivity contribution is 6.35. The summed E-state index contributed by atoms with van der Waals surface area (Å²) in [7, 11) is 2.81. The van der Waals surface area contributed by atoms with Crippen molar-refractivity contribution in [3.05, 3.63) is 87.9 Å². The summed E-state index contributed by atoms with van der Waals surface area (Å²) in [6.07, 6.45) is -1.02. The van der Waals surface area contributed by atoms with E-state index in [1.54, 1.807) is 0 Å². The van der Waals surface area contributed by atoms with Crippen LogP contribution >= 0.6 is 11.6 Å². The Labute approximate surface area is 194 Å². The van der Waals surface area contributed by atoms with Crippen LogP contribution in [-0.2, 0) is 0 Å². The lowest BCUT2D eigenvalue weighted by Gasteiger charge is -2.21. The fraction of sp³-hybridized carbons (Fsp3) is 0.167. The SMILES string of the molecule is COc1ccc(C(=O)N(C)C(C)O)cc1C(=O)c1ccc(Nc2c(F)cccc2F)cc1Cl. The number of para-hydroxylation sites is 1. The number of halogens is 3. The molecule has 3 rings (SSSR count). The molecule has 0 aliphatic heterocycles. The number of nitrogens with one attached hydrogen (secondary N) is 1. The summed E-state index contributed by atoms with van der Waals surface area (Å²) in [4.78, 5) is 26.9. The zero-order chi connectivity index (χ0) is 24.3. The first kappa shape index (κ1) is 24.2. The third-order valence-corrected chi connectivity index (χ3v) is 5.33. The van der Waals surface area contributed by atoms with Gasteiger partial charge in [0.2, 0.25) is 0 Å². The second-order valence-corrected chi connectivity index (χ2v) is 7.62. The van der Waals surface area contributed by atoms with Crippen LogP contribution in [0.5, 0.6) is 5.75 Å². The highest BCUT2D eigenvalue weighted by atomic mass is 35.5. The molecule has 172 valence electrons. The summed E-state index contributed by atoms with van der Waals surface area (Å²) in [6.45, 7) is 1.44. The summed E-state index contributed by atoms with van der Waals surface area (Å²) in [5, 5.41) is 12.3. The number of carbonyl (C=O) groups is 2. The van der Waals surface area contributed by atoms with Crippen LogP contribution in [-0.4, -0.2) is 42.1 Å². The molecule has 33 heavy (non-hydrogen) atoms. The van der Waals surface area contributed by atoms with Crippen molar-refractivity contribution in [3.8, 4) is 5.75 Å². The molecular weight excluding hydrogens is 454 g/mol. The van der Waals surface area contributed by atoms with E-state index in [9.17, 15) is 23.5 Å². The summed E-state index contributed by atoms with van der Waals surface area (Å²) in [5.41, 5.74) is 0.290. The Hall–Kier alpha value is -3.49. The molecule has 3 aromatic rings. The van der Waals surface area contributed by atoms with E-state index in [0.29, 0.717) is 0 Å². The van der Waals surface area contributed by atoms with E-state index in [2.05, 4.69) is 5.32 Å². The summed E-state index contributed by atoms with van der Waals surface area (Å²) < 4.78 is 33.1. The van der Waals surface area contributed by atoms with Crippen molar-refractivity contribution in [1.29, 1.82) is 0 Å². The zero-order valence-corrected chi connectivity index (χ0v) is 18.8. The predicted molar refractivity (Wildman–Crippen MR) is 121 cm³/mol. The molecule has 1 amide bonds. The van der Waals surface area contributed by atoms with Crippen molar-refractivity contribution in [1.82, 2.24) is 4.90 Å². The Morgan fingerprint density at radius 3 is 2.30 bits per heavy atom. The molecule has 9 heteroatoms. The monoisotopic (exact) mass is 474 g/mol. The Balaban J connectivity index is 1.95. The van der Waals surface area contributed by atoms with Crippen molar-refractivity contribution >= 4 is 34.7 Å². The molecule has 0 aromatic heterocycles. The molecule has 1 unspecified atom stereocenters. The largest absolute Gasteiger partial charge is 0.496 e. The fourth-order valence-corrected chi connectivity index (χ4v) is 3.34. The van der Waals surface area contributed by atoms with Gasteiger partial charge in [-0.2, -0.15) is 0 Å². The molecular formula is C24H21ClF2N2O4. The number of nitrogens with zero attached hydrogens (tertiary/aromatic N) is 1. The van der Waals surface area contributed by atoms with Gasteiger partial charge in [0.05, 0.1) is 17.7 Å². The lowest BCUT2D eigenvalue weighted by atomic mass is 9.99. The van der Waals surface area contributed by atoms with Gasteiger partial charge in [-0.25, -0.2) is 8.78 Å². The molecule has 0 aliphatic rings. The number of ether oxygens (including phenoxy) is 1. The number of methoxy groups -OCH3 is 1. The Kier molecular flexibility index (Phi) is 7.30. The molecule has 0 spiro atoms. The number of benzene rings is 3. The minimum Gasteiger partial charge on any atom is -0.496 e. The molecule has 0 fully saturated rings. The first-order valence-corrected chi connectivity index (χ1v) is 10.2. The molecule has 2 N–H and O–H groups in total. The number of carbonyl (C=O) groups excluding carboxylic acids is 2. The molecule has 0 heterocycles. The highest BCUT2D eigenvalue weighted by Gasteiger charge is 2.22. The number of hydrogen-bond acceptors (Lipinski definition) is 5. The third kappa shape index (κ3) is 5.13. The number of hydrogen-bond donors (Lipinski definition) is 2. The molecule has 0 saturated heterocycles. The van der Waals surface area contributed by atoms with E-state index in [-0.39, 0.29) is 38.8 Å². The van der Waals surface area contributed by atoms with Crippen LogP contribution in [0.3, 0.4) is 0 Å². The third-order valence-electron chi connectivity index (χ3n) is 5.02. The van der Waals surface area contributed by atoms with Gasteiger partial charge >= 0.3 is 0 Å². The smallest absolute Gasteiger partial charge is 0.255 e. The Morgan fingerprint density at radius 2 is 1.73 bits per heavy atom. The topological polar surface area (TPSA) is 78.9 Å². The first-order chi connectivity index (χ1) is 15.6. The molecule has 0 bridgehead atoms. The molecule has 6 nitrogen and oxygen atoms in total. The molecule has 0 saturated carbocycles. The quantitative estimate of drug-likeness (QED) is 0.371. The normalized spacial score (nSPS) is 11.6. The minimum absolute atomic E-state index is 0.0293. The van der Waals surface area contributed by atoms with Crippen LogP contribution in [0.1, 0.15) is 33.2 Å². The Bertz CT molecular complexity index is 1200. The van der Waals surface area contributed by atoms with Crippen LogP contribution in [0.4, 0.5) is 20.2 Å². The van der Waals surface area contributed by atoms with E-state index in [1.165, 1.54) is 63.5 Å². The van der Waals surface area contributed by atoms with Gasteiger partial charge in [0.1, 0.15) is 29.3 Å². The molecule has 0 aliphatic carbocycles. The maximum atomic E-state index is 13.9. The lowest BCUT2D eigenvalue weighted by molar-refractivity contribution is 0.0293. The van der Waals surface area contributed by atoms with Gasteiger partial charge in [0.25, 0.3) is 5.91 Å². The summed E-state index contributed by atoms with van der Waals surface area (Å²) in [6, 6.07) is 12.0. The predicted octanol–water partition coefficient (Wildman–Crippen LogP) is 5.01.